The van der Waals surface area contributed by atoms with Crippen LogP contribution < -0.4 is 5.32 Å². The zero-order valence-corrected chi connectivity index (χ0v) is 12.3. The number of benzene rings is 1. The molecule has 1 heterocycles. The van der Waals surface area contributed by atoms with Crippen LogP contribution in [0.5, 0.6) is 0 Å². The van der Waals surface area contributed by atoms with Crippen LogP contribution in [0.4, 0.5) is 10.2 Å². The van der Waals surface area contributed by atoms with E-state index in [1.807, 2.05) is 6.92 Å². The van der Waals surface area contributed by atoms with E-state index < -0.39 is 5.97 Å². The SMILES string of the molecule is Cc1ccc(C(C)Nc2cc(C(=O)O)cc(Cl)n2)cc1F. The summed E-state index contributed by atoms with van der Waals surface area (Å²) in [6, 6.07) is 7.35. The highest BCUT2D eigenvalue weighted by atomic mass is 35.5. The Labute approximate surface area is 126 Å². The summed E-state index contributed by atoms with van der Waals surface area (Å²) in [7, 11) is 0. The molecule has 1 aromatic heterocycles. The van der Waals surface area contributed by atoms with Gasteiger partial charge in [0, 0.05) is 0 Å². The van der Waals surface area contributed by atoms with Gasteiger partial charge in [-0.3, -0.25) is 0 Å². The molecule has 0 fully saturated rings. The molecule has 6 heteroatoms. The average molecular weight is 309 g/mol. The number of hydrogen-bond donors (Lipinski definition) is 2. The second-order valence-electron chi connectivity index (χ2n) is 4.74. The van der Waals surface area contributed by atoms with E-state index in [-0.39, 0.29) is 22.6 Å². The first kappa shape index (κ1) is 15.3. The second-order valence-corrected chi connectivity index (χ2v) is 5.13. The minimum Gasteiger partial charge on any atom is -0.478 e. The van der Waals surface area contributed by atoms with E-state index in [2.05, 4.69) is 10.3 Å². The molecular formula is C15H14ClFN2O2. The fourth-order valence-corrected chi connectivity index (χ4v) is 2.09. The van der Waals surface area contributed by atoms with Crippen molar-refractivity contribution in [3.05, 3.63) is 58.0 Å². The summed E-state index contributed by atoms with van der Waals surface area (Å²) in [4.78, 5) is 15.0. The third kappa shape index (κ3) is 3.70. The van der Waals surface area contributed by atoms with Crippen molar-refractivity contribution in [1.29, 1.82) is 0 Å². The van der Waals surface area contributed by atoms with Gasteiger partial charge in [0.1, 0.15) is 16.8 Å². The van der Waals surface area contributed by atoms with Gasteiger partial charge in [-0.05, 0) is 43.2 Å². The lowest BCUT2D eigenvalue weighted by Gasteiger charge is -2.16. The number of aryl methyl sites for hydroxylation is 1. The normalized spacial score (nSPS) is 12.0. The molecule has 0 amide bonds. The van der Waals surface area contributed by atoms with E-state index >= 15 is 0 Å². The van der Waals surface area contributed by atoms with Crippen LogP contribution in [0.25, 0.3) is 0 Å². The van der Waals surface area contributed by atoms with E-state index in [0.29, 0.717) is 11.4 Å². The predicted octanol–water partition coefficient (Wildman–Crippen LogP) is 4.05. The van der Waals surface area contributed by atoms with Crippen LogP contribution in [0, 0.1) is 12.7 Å². The Morgan fingerprint density at radius 3 is 2.71 bits per heavy atom. The summed E-state index contributed by atoms with van der Waals surface area (Å²) in [5, 5.41) is 12.1. The molecule has 0 aliphatic heterocycles. The molecule has 0 spiro atoms. The van der Waals surface area contributed by atoms with Crippen LogP contribution in [0.1, 0.15) is 34.5 Å². The number of carbonyl (C=O) groups is 1. The van der Waals surface area contributed by atoms with Gasteiger partial charge in [-0.25, -0.2) is 14.2 Å². The first-order chi connectivity index (χ1) is 9.86. The number of pyridine rings is 1. The van der Waals surface area contributed by atoms with Crippen LogP contribution >= 0.6 is 11.6 Å². The molecule has 0 aliphatic carbocycles. The summed E-state index contributed by atoms with van der Waals surface area (Å²) in [5.74, 6) is -1.05. The first-order valence-corrected chi connectivity index (χ1v) is 6.68. The third-order valence-corrected chi connectivity index (χ3v) is 3.29. The van der Waals surface area contributed by atoms with Gasteiger partial charge in [-0.15, -0.1) is 0 Å². The highest BCUT2D eigenvalue weighted by Gasteiger charge is 2.12. The minimum absolute atomic E-state index is 0.0415. The quantitative estimate of drug-likeness (QED) is 0.836. The van der Waals surface area contributed by atoms with Crippen LogP contribution in [0.2, 0.25) is 5.15 Å². The van der Waals surface area contributed by atoms with Crippen LogP contribution in [0.15, 0.2) is 30.3 Å². The Bertz CT molecular complexity index is 691. The fourth-order valence-electron chi connectivity index (χ4n) is 1.88. The Balaban J connectivity index is 2.24. The number of hydrogen-bond acceptors (Lipinski definition) is 3. The molecule has 21 heavy (non-hydrogen) atoms. The van der Waals surface area contributed by atoms with Gasteiger partial charge in [-0.1, -0.05) is 23.7 Å². The van der Waals surface area contributed by atoms with Crippen molar-refractivity contribution in [2.45, 2.75) is 19.9 Å². The summed E-state index contributed by atoms with van der Waals surface area (Å²) in [5.41, 5.74) is 1.34. The average Bonchev–Trinajstić information content (AvgIpc) is 2.41. The van der Waals surface area contributed by atoms with E-state index in [4.69, 9.17) is 16.7 Å². The zero-order chi connectivity index (χ0) is 15.6. The van der Waals surface area contributed by atoms with Crippen molar-refractivity contribution in [1.82, 2.24) is 4.98 Å². The highest BCUT2D eigenvalue weighted by molar-refractivity contribution is 6.29. The molecule has 2 aromatic rings. The van der Waals surface area contributed by atoms with Gasteiger partial charge >= 0.3 is 5.97 Å². The molecule has 110 valence electrons. The summed E-state index contributed by atoms with van der Waals surface area (Å²) < 4.78 is 13.6. The lowest BCUT2D eigenvalue weighted by Crippen LogP contribution is -2.10. The number of carboxylic acid groups (broad SMARTS) is 1. The minimum atomic E-state index is -1.09. The number of halogens is 2. The molecule has 0 bridgehead atoms. The molecule has 1 unspecified atom stereocenters. The number of aromatic nitrogens is 1. The van der Waals surface area contributed by atoms with Crippen LogP contribution in [-0.2, 0) is 0 Å². The van der Waals surface area contributed by atoms with Gasteiger partial charge in [0.2, 0.25) is 0 Å². The van der Waals surface area contributed by atoms with Crippen molar-refractivity contribution in [3.63, 3.8) is 0 Å². The van der Waals surface area contributed by atoms with Gasteiger partial charge in [-0.2, -0.15) is 0 Å². The summed E-state index contributed by atoms with van der Waals surface area (Å²) >= 11 is 5.80. The molecule has 1 atom stereocenters. The fraction of sp³-hybridized carbons (Fsp3) is 0.200. The predicted molar refractivity (Wildman–Crippen MR) is 79.4 cm³/mol. The molecule has 2 rings (SSSR count). The van der Waals surface area contributed by atoms with Crippen molar-refractivity contribution in [2.75, 3.05) is 5.32 Å². The summed E-state index contributed by atoms with van der Waals surface area (Å²) in [6.07, 6.45) is 0. The highest BCUT2D eigenvalue weighted by Crippen LogP contribution is 2.22. The number of carboxylic acids is 1. The number of nitrogens with one attached hydrogen (secondary N) is 1. The first-order valence-electron chi connectivity index (χ1n) is 6.30. The largest absolute Gasteiger partial charge is 0.478 e. The van der Waals surface area contributed by atoms with E-state index in [1.165, 1.54) is 18.2 Å². The Hall–Kier alpha value is -2.14. The number of rotatable bonds is 4. The molecule has 0 aliphatic rings. The maximum atomic E-state index is 13.6. The smallest absolute Gasteiger partial charge is 0.335 e. The van der Waals surface area contributed by atoms with E-state index in [9.17, 15) is 9.18 Å². The molecule has 0 radical (unpaired) electrons. The van der Waals surface area contributed by atoms with Crippen molar-refractivity contribution >= 4 is 23.4 Å². The lowest BCUT2D eigenvalue weighted by molar-refractivity contribution is 0.0697. The number of nitrogens with zero attached hydrogens (tertiary/aromatic N) is 1. The molecule has 0 saturated heterocycles. The van der Waals surface area contributed by atoms with Gasteiger partial charge in [0.05, 0.1) is 11.6 Å². The van der Waals surface area contributed by atoms with Gasteiger partial charge in [0.15, 0.2) is 0 Å². The number of anilines is 1. The van der Waals surface area contributed by atoms with E-state index in [0.717, 1.165) is 5.56 Å². The van der Waals surface area contributed by atoms with Crippen molar-refractivity contribution in [3.8, 4) is 0 Å². The molecule has 2 N–H and O–H groups in total. The molecule has 0 saturated carbocycles. The monoisotopic (exact) mass is 308 g/mol. The molecule has 1 aromatic carbocycles. The lowest BCUT2D eigenvalue weighted by atomic mass is 10.1. The van der Waals surface area contributed by atoms with Crippen LogP contribution in [0.3, 0.4) is 0 Å². The molecule has 4 nitrogen and oxygen atoms in total. The topological polar surface area (TPSA) is 62.2 Å². The maximum Gasteiger partial charge on any atom is 0.335 e. The standard InChI is InChI=1S/C15H14ClFN2O2/c1-8-3-4-10(5-12(8)17)9(2)18-14-7-11(15(20)21)6-13(16)19-14/h3-7,9H,1-2H3,(H,18,19)(H,20,21). The van der Waals surface area contributed by atoms with Gasteiger partial charge < -0.3 is 10.4 Å². The summed E-state index contributed by atoms with van der Waals surface area (Å²) in [6.45, 7) is 3.52. The zero-order valence-electron chi connectivity index (χ0n) is 11.5. The Morgan fingerprint density at radius 2 is 2.10 bits per heavy atom. The van der Waals surface area contributed by atoms with Crippen molar-refractivity contribution < 1.29 is 14.3 Å². The molecular weight excluding hydrogens is 295 g/mol. The Morgan fingerprint density at radius 1 is 1.38 bits per heavy atom. The number of aromatic carboxylic acids is 1. The van der Waals surface area contributed by atoms with Gasteiger partial charge in [0.25, 0.3) is 0 Å². The van der Waals surface area contributed by atoms with Crippen molar-refractivity contribution in [2.24, 2.45) is 0 Å². The Kier molecular flexibility index (Phi) is 4.43. The second kappa shape index (κ2) is 6.10. The maximum absolute atomic E-state index is 13.6. The third-order valence-electron chi connectivity index (χ3n) is 3.10. The van der Waals surface area contributed by atoms with E-state index in [1.54, 1.807) is 19.1 Å². The van der Waals surface area contributed by atoms with Crippen LogP contribution in [-0.4, -0.2) is 16.1 Å².